The minimum absolute atomic E-state index is 0.135. The van der Waals surface area contributed by atoms with Gasteiger partial charge >= 0.3 is 6.36 Å². The highest BCUT2D eigenvalue weighted by molar-refractivity contribution is 6.20. The Hall–Kier alpha value is -2.21. The van der Waals surface area contributed by atoms with Crippen LogP contribution in [-0.4, -0.2) is 18.8 Å². The largest absolute Gasteiger partial charge is 0.573 e. The van der Waals surface area contributed by atoms with Crippen molar-refractivity contribution in [2.45, 2.75) is 6.36 Å². The summed E-state index contributed by atoms with van der Waals surface area (Å²) in [6.07, 6.45) is -4.79. The molecule has 0 saturated heterocycles. The molecular formula is C17H11ClF4O2. The third-order valence-electron chi connectivity index (χ3n) is 3.50. The number of fused-ring (bicyclic) bond motifs is 1. The maximum Gasteiger partial charge on any atom is 0.573 e. The minimum atomic E-state index is -4.79. The molecule has 0 saturated carbocycles. The van der Waals surface area contributed by atoms with Gasteiger partial charge in [-0.1, -0.05) is 12.1 Å². The van der Waals surface area contributed by atoms with E-state index in [1.54, 1.807) is 12.1 Å². The van der Waals surface area contributed by atoms with Gasteiger partial charge in [0.2, 0.25) is 0 Å². The summed E-state index contributed by atoms with van der Waals surface area (Å²) in [7, 11) is 0. The van der Waals surface area contributed by atoms with Crippen molar-refractivity contribution in [3.8, 4) is 11.5 Å². The fourth-order valence-corrected chi connectivity index (χ4v) is 2.75. The summed E-state index contributed by atoms with van der Waals surface area (Å²) in [5.41, 5.74) is 2.38. The summed E-state index contributed by atoms with van der Waals surface area (Å²) < 4.78 is 60.0. The number of hydrogen-bond donors (Lipinski definition) is 0. The third kappa shape index (κ3) is 3.48. The highest BCUT2D eigenvalue weighted by Gasteiger charge is 2.32. The lowest BCUT2D eigenvalue weighted by molar-refractivity contribution is -0.274. The summed E-state index contributed by atoms with van der Waals surface area (Å²) in [5.74, 6) is -0.220. The molecule has 3 rings (SSSR count). The zero-order chi connectivity index (χ0) is 17.3. The molecule has 0 unspecified atom stereocenters. The summed E-state index contributed by atoms with van der Waals surface area (Å²) in [6, 6.07) is 9.48. The van der Waals surface area contributed by atoms with Crippen molar-refractivity contribution in [1.82, 2.24) is 0 Å². The van der Waals surface area contributed by atoms with Gasteiger partial charge in [-0.3, -0.25) is 0 Å². The standard InChI is InChI=1S/C17H11ClF4O2/c18-8-11-9-23-15-6-5-13(24-17(20,21)22)7-14(15)16(11)10-1-3-12(19)4-2-10/h1-7H,8-9H2. The normalized spacial score (nSPS) is 14.2. The molecule has 0 amide bonds. The van der Waals surface area contributed by atoms with E-state index in [1.807, 2.05) is 0 Å². The first-order valence-electron chi connectivity index (χ1n) is 6.94. The van der Waals surface area contributed by atoms with Crippen LogP contribution >= 0.6 is 11.6 Å². The molecule has 0 aliphatic carbocycles. The first-order valence-corrected chi connectivity index (χ1v) is 7.48. The van der Waals surface area contributed by atoms with Crippen LogP contribution in [-0.2, 0) is 0 Å². The summed E-state index contributed by atoms with van der Waals surface area (Å²) in [5, 5.41) is 0. The van der Waals surface area contributed by atoms with E-state index in [0.29, 0.717) is 28.0 Å². The van der Waals surface area contributed by atoms with E-state index in [1.165, 1.54) is 30.3 Å². The number of halogens is 5. The first-order chi connectivity index (χ1) is 11.4. The van der Waals surface area contributed by atoms with Crippen molar-refractivity contribution in [3.63, 3.8) is 0 Å². The average Bonchev–Trinajstić information content (AvgIpc) is 2.53. The second-order valence-electron chi connectivity index (χ2n) is 5.11. The molecule has 0 radical (unpaired) electrons. The van der Waals surface area contributed by atoms with Crippen molar-refractivity contribution >= 4 is 17.2 Å². The molecule has 1 aliphatic heterocycles. The molecule has 7 heteroatoms. The zero-order valence-corrected chi connectivity index (χ0v) is 12.9. The number of alkyl halides is 4. The van der Waals surface area contributed by atoms with Gasteiger partial charge in [0, 0.05) is 11.4 Å². The monoisotopic (exact) mass is 358 g/mol. The molecule has 0 atom stereocenters. The Bertz CT molecular complexity index is 782. The summed E-state index contributed by atoms with van der Waals surface area (Å²) in [6.45, 7) is 0.211. The molecule has 126 valence electrons. The van der Waals surface area contributed by atoms with Crippen LogP contribution < -0.4 is 9.47 Å². The van der Waals surface area contributed by atoms with E-state index in [9.17, 15) is 17.6 Å². The van der Waals surface area contributed by atoms with E-state index < -0.39 is 12.2 Å². The number of rotatable bonds is 3. The molecule has 1 heterocycles. The van der Waals surface area contributed by atoms with E-state index in [4.69, 9.17) is 16.3 Å². The van der Waals surface area contributed by atoms with Crippen LogP contribution in [0.3, 0.4) is 0 Å². The number of ether oxygens (including phenoxy) is 2. The Morgan fingerprint density at radius 2 is 1.79 bits per heavy atom. The van der Waals surface area contributed by atoms with E-state index >= 15 is 0 Å². The lowest BCUT2D eigenvalue weighted by Gasteiger charge is -2.24. The van der Waals surface area contributed by atoms with E-state index in [-0.39, 0.29) is 18.2 Å². The summed E-state index contributed by atoms with van der Waals surface area (Å²) in [4.78, 5) is 0. The molecule has 0 bridgehead atoms. The number of benzene rings is 2. The van der Waals surface area contributed by atoms with Crippen LogP contribution in [0.15, 0.2) is 48.0 Å². The van der Waals surface area contributed by atoms with Gasteiger partial charge in [-0.25, -0.2) is 4.39 Å². The molecule has 0 fully saturated rings. The zero-order valence-electron chi connectivity index (χ0n) is 12.2. The molecule has 0 aromatic heterocycles. The van der Waals surface area contributed by atoms with Gasteiger partial charge < -0.3 is 9.47 Å². The maximum absolute atomic E-state index is 13.2. The quantitative estimate of drug-likeness (QED) is 0.557. The Morgan fingerprint density at radius 1 is 1.08 bits per heavy atom. The van der Waals surface area contributed by atoms with E-state index in [2.05, 4.69) is 4.74 Å². The molecular weight excluding hydrogens is 348 g/mol. The lowest BCUT2D eigenvalue weighted by Crippen LogP contribution is -2.18. The first kappa shape index (κ1) is 16.6. The topological polar surface area (TPSA) is 18.5 Å². The molecule has 24 heavy (non-hydrogen) atoms. The van der Waals surface area contributed by atoms with Crippen molar-refractivity contribution in [1.29, 1.82) is 0 Å². The summed E-state index contributed by atoms with van der Waals surface area (Å²) >= 11 is 5.95. The van der Waals surface area contributed by atoms with Gasteiger partial charge in [0.25, 0.3) is 0 Å². The smallest absolute Gasteiger partial charge is 0.489 e. The second kappa shape index (κ2) is 6.36. The Balaban J connectivity index is 2.11. The molecule has 2 nitrogen and oxygen atoms in total. The van der Waals surface area contributed by atoms with Crippen molar-refractivity contribution in [2.24, 2.45) is 0 Å². The van der Waals surface area contributed by atoms with Crippen LogP contribution in [0.25, 0.3) is 5.57 Å². The van der Waals surface area contributed by atoms with Crippen LogP contribution in [0.1, 0.15) is 11.1 Å². The maximum atomic E-state index is 13.2. The van der Waals surface area contributed by atoms with Gasteiger partial charge in [-0.2, -0.15) is 0 Å². The lowest BCUT2D eigenvalue weighted by atomic mass is 9.91. The average molecular weight is 359 g/mol. The van der Waals surface area contributed by atoms with Crippen molar-refractivity contribution in [3.05, 3.63) is 65.0 Å². The Kier molecular flexibility index (Phi) is 4.41. The predicted molar refractivity (Wildman–Crippen MR) is 81.8 cm³/mol. The van der Waals surface area contributed by atoms with Crippen molar-refractivity contribution in [2.75, 3.05) is 12.5 Å². The fraction of sp³-hybridized carbons (Fsp3) is 0.176. The van der Waals surface area contributed by atoms with Crippen molar-refractivity contribution < 1.29 is 27.0 Å². The Morgan fingerprint density at radius 3 is 2.42 bits per heavy atom. The predicted octanol–water partition coefficient (Wildman–Crippen LogP) is 5.16. The highest BCUT2D eigenvalue weighted by Crippen LogP contribution is 2.40. The van der Waals surface area contributed by atoms with Gasteiger partial charge in [0.05, 0.1) is 0 Å². The van der Waals surface area contributed by atoms with Crippen LogP contribution in [0.4, 0.5) is 17.6 Å². The highest BCUT2D eigenvalue weighted by atomic mass is 35.5. The minimum Gasteiger partial charge on any atom is -0.489 e. The van der Waals surface area contributed by atoms with Gasteiger partial charge in [-0.15, -0.1) is 24.8 Å². The molecule has 2 aromatic carbocycles. The third-order valence-corrected chi connectivity index (χ3v) is 3.83. The second-order valence-corrected chi connectivity index (χ2v) is 5.38. The molecule has 0 spiro atoms. The van der Waals surface area contributed by atoms with Gasteiger partial charge in [0.15, 0.2) is 0 Å². The number of hydrogen-bond acceptors (Lipinski definition) is 2. The fourth-order valence-electron chi connectivity index (χ4n) is 2.54. The van der Waals surface area contributed by atoms with Crippen LogP contribution in [0.5, 0.6) is 11.5 Å². The SMILES string of the molecule is Fc1ccc(C2=C(CCl)COc3ccc(OC(F)(F)F)cc32)cc1. The van der Waals surface area contributed by atoms with Crippen LogP contribution in [0.2, 0.25) is 0 Å². The van der Waals surface area contributed by atoms with Crippen LogP contribution in [0, 0.1) is 5.82 Å². The molecule has 2 aromatic rings. The van der Waals surface area contributed by atoms with E-state index in [0.717, 1.165) is 0 Å². The van der Waals surface area contributed by atoms with Gasteiger partial charge in [-0.05, 0) is 47.0 Å². The molecule has 0 N–H and O–H groups in total. The Labute approximate surface area is 140 Å². The molecule has 1 aliphatic rings. The van der Waals surface area contributed by atoms with Gasteiger partial charge in [0.1, 0.15) is 23.9 Å².